The van der Waals surface area contributed by atoms with E-state index in [-0.39, 0.29) is 6.61 Å². The van der Waals surface area contributed by atoms with Crippen molar-refractivity contribution in [1.82, 2.24) is 0 Å². The van der Waals surface area contributed by atoms with E-state index in [9.17, 15) is 18.0 Å². The van der Waals surface area contributed by atoms with Gasteiger partial charge in [-0.05, 0) is 28.7 Å². The molecule has 6 heteroatoms. The van der Waals surface area contributed by atoms with Gasteiger partial charge in [0.15, 0.2) is 0 Å². The average molecular weight is 330 g/mol. The summed E-state index contributed by atoms with van der Waals surface area (Å²) in [5.41, 5.74) is 0.552. The molecule has 0 saturated heterocycles. The quantitative estimate of drug-likeness (QED) is 0.616. The lowest BCUT2D eigenvalue weighted by molar-refractivity contribution is -0.201. The van der Waals surface area contributed by atoms with Crippen molar-refractivity contribution < 1.29 is 22.7 Å². The normalized spacial score (nSPS) is 11.2. The highest BCUT2D eigenvalue weighted by Crippen LogP contribution is 2.19. The molecular formula is C9H6F3IO2. The van der Waals surface area contributed by atoms with Crippen LogP contribution in [-0.2, 0) is 16.1 Å². The molecule has 0 aliphatic heterocycles. The van der Waals surface area contributed by atoms with Crippen molar-refractivity contribution in [2.24, 2.45) is 0 Å². The second kappa shape index (κ2) is 4.82. The predicted octanol–water partition coefficient (Wildman–Crippen LogP) is 2.90. The highest BCUT2D eigenvalue weighted by atomic mass is 127. The molecule has 1 aromatic rings. The molecular weight excluding hydrogens is 324 g/mol. The Labute approximate surface area is 97.6 Å². The van der Waals surface area contributed by atoms with E-state index in [4.69, 9.17) is 0 Å². The first-order valence-electron chi connectivity index (χ1n) is 3.88. The third-order valence-corrected chi connectivity index (χ3v) is 2.60. The molecule has 0 fully saturated rings. The molecule has 0 aliphatic rings. The highest BCUT2D eigenvalue weighted by molar-refractivity contribution is 14.1. The Morgan fingerprint density at radius 1 is 1.33 bits per heavy atom. The van der Waals surface area contributed by atoms with Crippen LogP contribution < -0.4 is 0 Å². The molecule has 0 radical (unpaired) electrons. The number of rotatable bonds is 2. The lowest BCUT2D eigenvalue weighted by atomic mass is 10.2. The maximum absolute atomic E-state index is 11.8. The lowest BCUT2D eigenvalue weighted by Crippen LogP contribution is -2.25. The van der Waals surface area contributed by atoms with E-state index < -0.39 is 12.1 Å². The number of benzene rings is 1. The Morgan fingerprint density at radius 2 is 1.93 bits per heavy atom. The summed E-state index contributed by atoms with van der Waals surface area (Å²) in [5.74, 6) is -2.16. The van der Waals surface area contributed by atoms with Crippen molar-refractivity contribution >= 4 is 28.6 Å². The summed E-state index contributed by atoms with van der Waals surface area (Å²) < 4.78 is 40.2. The molecule has 0 aromatic heterocycles. The van der Waals surface area contributed by atoms with Gasteiger partial charge in [-0.3, -0.25) is 0 Å². The van der Waals surface area contributed by atoms with Gasteiger partial charge in [0.05, 0.1) is 0 Å². The van der Waals surface area contributed by atoms with E-state index in [0.29, 0.717) is 5.56 Å². The van der Waals surface area contributed by atoms with E-state index >= 15 is 0 Å². The third-order valence-electron chi connectivity index (χ3n) is 1.55. The monoisotopic (exact) mass is 330 g/mol. The number of esters is 1. The summed E-state index contributed by atoms with van der Waals surface area (Å²) >= 11 is 1.96. The van der Waals surface area contributed by atoms with Gasteiger partial charge in [0.1, 0.15) is 6.61 Å². The largest absolute Gasteiger partial charge is 0.490 e. The molecule has 0 amide bonds. The van der Waals surface area contributed by atoms with Gasteiger partial charge in [0.2, 0.25) is 0 Å². The average Bonchev–Trinajstić information content (AvgIpc) is 2.14. The highest BCUT2D eigenvalue weighted by Gasteiger charge is 2.40. The second-order valence-electron chi connectivity index (χ2n) is 2.67. The zero-order valence-corrected chi connectivity index (χ0v) is 9.50. The minimum Gasteiger partial charge on any atom is -0.454 e. The number of ether oxygens (including phenoxy) is 1. The molecule has 0 spiro atoms. The van der Waals surface area contributed by atoms with Crippen LogP contribution in [0.5, 0.6) is 0 Å². The van der Waals surface area contributed by atoms with Gasteiger partial charge < -0.3 is 4.74 Å². The van der Waals surface area contributed by atoms with Gasteiger partial charge in [-0.15, -0.1) is 0 Å². The van der Waals surface area contributed by atoms with E-state index in [1.807, 2.05) is 22.6 Å². The number of alkyl halides is 3. The molecule has 1 rings (SSSR count). The molecule has 0 atom stereocenters. The minimum absolute atomic E-state index is 0.364. The van der Waals surface area contributed by atoms with Crippen LogP contribution in [0.4, 0.5) is 13.2 Å². The summed E-state index contributed by atoms with van der Waals surface area (Å²) in [6, 6.07) is 6.73. The number of carbonyl (C=O) groups excluding carboxylic acids is 1. The maximum atomic E-state index is 11.8. The van der Waals surface area contributed by atoms with Crippen molar-refractivity contribution in [2.45, 2.75) is 12.8 Å². The van der Waals surface area contributed by atoms with E-state index in [0.717, 1.165) is 3.57 Å². The Kier molecular flexibility index (Phi) is 3.95. The van der Waals surface area contributed by atoms with Crippen molar-refractivity contribution in [3.05, 3.63) is 33.4 Å². The summed E-state index contributed by atoms with van der Waals surface area (Å²) in [7, 11) is 0. The van der Waals surface area contributed by atoms with Gasteiger partial charge in [-0.1, -0.05) is 18.2 Å². The van der Waals surface area contributed by atoms with E-state index in [2.05, 4.69) is 4.74 Å². The van der Waals surface area contributed by atoms with Crippen LogP contribution in [0.15, 0.2) is 24.3 Å². The Bertz CT molecular complexity index is 363. The maximum Gasteiger partial charge on any atom is 0.490 e. The van der Waals surface area contributed by atoms with Crippen molar-refractivity contribution in [2.75, 3.05) is 0 Å². The van der Waals surface area contributed by atoms with Crippen LogP contribution in [-0.4, -0.2) is 12.1 Å². The molecule has 1 aromatic carbocycles. The standard InChI is InChI=1S/C9H6F3IO2/c10-9(11,12)8(14)15-5-6-3-1-2-4-7(6)13/h1-4H,5H2. The molecule has 0 aliphatic carbocycles. The number of hydrogen-bond donors (Lipinski definition) is 0. The van der Waals surface area contributed by atoms with E-state index in [1.54, 1.807) is 24.3 Å². The van der Waals surface area contributed by atoms with Gasteiger partial charge in [-0.25, -0.2) is 4.79 Å². The zero-order chi connectivity index (χ0) is 11.5. The first-order valence-corrected chi connectivity index (χ1v) is 4.96. The third kappa shape index (κ3) is 3.69. The van der Waals surface area contributed by atoms with Gasteiger partial charge in [0, 0.05) is 9.13 Å². The summed E-state index contributed by atoms with van der Waals surface area (Å²) in [5, 5.41) is 0. The predicted molar refractivity (Wildman–Crippen MR) is 55.0 cm³/mol. The molecule has 0 heterocycles. The molecule has 0 N–H and O–H groups in total. The van der Waals surface area contributed by atoms with Crippen LogP contribution >= 0.6 is 22.6 Å². The summed E-state index contributed by atoms with van der Waals surface area (Å²) in [6.07, 6.45) is -4.93. The van der Waals surface area contributed by atoms with Gasteiger partial charge in [0.25, 0.3) is 0 Å². The second-order valence-corrected chi connectivity index (χ2v) is 3.83. The Hall–Kier alpha value is -0.790. The molecule has 82 valence electrons. The first kappa shape index (κ1) is 12.3. The topological polar surface area (TPSA) is 26.3 Å². The van der Waals surface area contributed by atoms with Crippen LogP contribution in [0.3, 0.4) is 0 Å². The summed E-state index contributed by atoms with van der Waals surface area (Å²) in [6.45, 7) is -0.364. The zero-order valence-electron chi connectivity index (χ0n) is 7.34. The van der Waals surface area contributed by atoms with Crippen molar-refractivity contribution in [3.8, 4) is 0 Å². The van der Waals surface area contributed by atoms with Crippen LogP contribution in [0, 0.1) is 3.57 Å². The minimum atomic E-state index is -4.93. The molecule has 0 saturated carbocycles. The number of carbonyl (C=O) groups is 1. The molecule has 15 heavy (non-hydrogen) atoms. The fraction of sp³-hybridized carbons (Fsp3) is 0.222. The fourth-order valence-corrected chi connectivity index (χ4v) is 1.38. The number of halogens is 4. The first-order chi connectivity index (χ1) is 6.91. The van der Waals surface area contributed by atoms with Crippen molar-refractivity contribution in [3.63, 3.8) is 0 Å². The molecule has 2 nitrogen and oxygen atoms in total. The van der Waals surface area contributed by atoms with Gasteiger partial charge in [-0.2, -0.15) is 13.2 Å². The van der Waals surface area contributed by atoms with Crippen LogP contribution in [0.1, 0.15) is 5.56 Å². The van der Waals surface area contributed by atoms with Gasteiger partial charge >= 0.3 is 12.1 Å². The smallest absolute Gasteiger partial charge is 0.454 e. The van der Waals surface area contributed by atoms with Crippen molar-refractivity contribution in [1.29, 1.82) is 0 Å². The van der Waals surface area contributed by atoms with E-state index in [1.165, 1.54) is 0 Å². The molecule has 0 bridgehead atoms. The lowest BCUT2D eigenvalue weighted by Gasteiger charge is -2.08. The Morgan fingerprint density at radius 3 is 2.47 bits per heavy atom. The summed E-state index contributed by atoms with van der Waals surface area (Å²) in [4.78, 5) is 10.4. The SMILES string of the molecule is O=C(OCc1ccccc1I)C(F)(F)F. The van der Waals surface area contributed by atoms with Crippen LogP contribution in [0.2, 0.25) is 0 Å². The molecule has 0 unspecified atom stereocenters. The number of hydrogen-bond acceptors (Lipinski definition) is 2. The fourth-order valence-electron chi connectivity index (χ4n) is 0.841. The van der Waals surface area contributed by atoms with Crippen LogP contribution in [0.25, 0.3) is 0 Å². The Balaban J connectivity index is 2.59.